The third kappa shape index (κ3) is 6.76. The van der Waals surface area contributed by atoms with Crippen molar-refractivity contribution in [3.8, 4) is 0 Å². The topological polar surface area (TPSA) is 111 Å². The molecule has 0 aliphatic rings. The van der Waals surface area contributed by atoms with Crippen LogP contribution in [-0.2, 0) is 35.2 Å². The highest BCUT2D eigenvalue weighted by Gasteiger charge is 2.16. The Morgan fingerprint density at radius 1 is 0.688 bits per heavy atom. The van der Waals surface area contributed by atoms with Crippen molar-refractivity contribution < 1.29 is 25.4 Å². The number of nitrogens with zero attached hydrogens (tertiary/aromatic N) is 2. The molecule has 166 valence electrons. The second-order valence-corrected chi connectivity index (χ2v) is 9.55. The zero-order valence-electron chi connectivity index (χ0n) is 16.8. The van der Waals surface area contributed by atoms with E-state index in [0.29, 0.717) is 5.71 Å². The van der Waals surface area contributed by atoms with Gasteiger partial charge in [0.15, 0.2) is 0 Å². The fourth-order valence-electron chi connectivity index (χ4n) is 2.57. The summed E-state index contributed by atoms with van der Waals surface area (Å²) in [5.41, 5.74) is 1.17. The molecule has 0 radical (unpaired) electrons. The lowest BCUT2D eigenvalue weighted by molar-refractivity contribution is 0.336. The molecule has 8 nitrogen and oxygen atoms in total. The van der Waals surface area contributed by atoms with E-state index in [4.69, 9.17) is 4.28 Å². The maximum atomic E-state index is 12.3. The second-order valence-electron chi connectivity index (χ2n) is 6.50. The standard InChI is InChI=1S/C22H20N2O6S2/c25-31(26,21-12-6-2-7-13-21)29-23-17-16-20(18-19-10-4-1-5-11-19)24-30-32(27,28)22-14-8-3-9-15-22/h1-15,17H,16,18H2. The highest BCUT2D eigenvalue weighted by atomic mass is 32.2. The van der Waals surface area contributed by atoms with E-state index < -0.39 is 20.2 Å². The van der Waals surface area contributed by atoms with E-state index in [1.165, 1.54) is 30.5 Å². The van der Waals surface area contributed by atoms with E-state index >= 15 is 0 Å². The molecular formula is C22H20N2O6S2. The summed E-state index contributed by atoms with van der Waals surface area (Å²) in [6.45, 7) is 0. The molecule has 0 fully saturated rings. The summed E-state index contributed by atoms with van der Waals surface area (Å²) in [6.07, 6.45) is 1.45. The highest BCUT2D eigenvalue weighted by Crippen LogP contribution is 2.14. The van der Waals surface area contributed by atoms with Gasteiger partial charge in [0.2, 0.25) is 0 Å². The normalized spacial score (nSPS) is 12.6. The SMILES string of the molecule is O=S(=O)(ON=CCC(Cc1ccccc1)=NOS(=O)(=O)c1ccccc1)c1ccccc1. The predicted molar refractivity (Wildman–Crippen MR) is 120 cm³/mol. The zero-order chi connectivity index (χ0) is 22.9. The molecule has 0 saturated heterocycles. The number of benzene rings is 3. The van der Waals surface area contributed by atoms with Crippen molar-refractivity contribution in [2.45, 2.75) is 22.6 Å². The van der Waals surface area contributed by atoms with Gasteiger partial charge >= 0.3 is 20.2 Å². The Bertz CT molecular complexity index is 1280. The molecule has 10 heteroatoms. The van der Waals surface area contributed by atoms with Gasteiger partial charge in [0.25, 0.3) is 0 Å². The smallest absolute Gasteiger partial charge is 0.265 e. The Morgan fingerprint density at radius 2 is 1.16 bits per heavy atom. The molecule has 32 heavy (non-hydrogen) atoms. The zero-order valence-corrected chi connectivity index (χ0v) is 18.4. The predicted octanol–water partition coefficient (Wildman–Crippen LogP) is 3.77. The van der Waals surface area contributed by atoms with Gasteiger partial charge in [0, 0.05) is 12.8 Å². The molecule has 0 aliphatic heterocycles. The molecule has 0 unspecified atom stereocenters. The first-order chi connectivity index (χ1) is 15.4. The van der Waals surface area contributed by atoms with Crippen molar-refractivity contribution in [2.24, 2.45) is 10.3 Å². The van der Waals surface area contributed by atoms with Crippen molar-refractivity contribution in [3.05, 3.63) is 96.6 Å². The molecule has 3 aromatic rings. The molecule has 0 aromatic heterocycles. The first kappa shape index (κ1) is 23.2. The summed E-state index contributed by atoms with van der Waals surface area (Å²) >= 11 is 0. The fraction of sp³-hybridized carbons (Fsp3) is 0.0909. The molecule has 3 aromatic carbocycles. The van der Waals surface area contributed by atoms with Gasteiger partial charge < -0.3 is 0 Å². The van der Waals surface area contributed by atoms with Gasteiger partial charge in [0.1, 0.15) is 9.79 Å². The summed E-state index contributed by atoms with van der Waals surface area (Å²) < 4.78 is 58.4. The lowest BCUT2D eigenvalue weighted by atomic mass is 10.1. The molecule has 0 N–H and O–H groups in total. The molecule has 0 saturated carbocycles. The van der Waals surface area contributed by atoms with Gasteiger partial charge in [0.05, 0.1) is 11.9 Å². The lowest BCUT2D eigenvalue weighted by Crippen LogP contribution is -2.09. The van der Waals surface area contributed by atoms with Crippen molar-refractivity contribution in [1.29, 1.82) is 0 Å². The average Bonchev–Trinajstić information content (AvgIpc) is 2.82. The van der Waals surface area contributed by atoms with Crippen LogP contribution in [0.5, 0.6) is 0 Å². The van der Waals surface area contributed by atoms with E-state index in [1.807, 2.05) is 30.3 Å². The van der Waals surface area contributed by atoms with Crippen molar-refractivity contribution in [2.75, 3.05) is 0 Å². The summed E-state index contributed by atoms with van der Waals surface area (Å²) in [4.78, 5) is -0.0682. The van der Waals surface area contributed by atoms with Crippen LogP contribution in [0.4, 0.5) is 0 Å². The number of rotatable bonds is 10. The molecule has 0 spiro atoms. The quantitative estimate of drug-likeness (QED) is 0.328. The monoisotopic (exact) mass is 472 g/mol. The molecular weight excluding hydrogens is 452 g/mol. The summed E-state index contributed by atoms with van der Waals surface area (Å²) in [5.74, 6) is 0. The first-order valence-corrected chi connectivity index (χ1v) is 12.3. The van der Waals surface area contributed by atoms with Crippen molar-refractivity contribution >= 4 is 32.2 Å². The Kier molecular flexibility index (Phi) is 7.74. The average molecular weight is 473 g/mol. The van der Waals surface area contributed by atoms with Crippen LogP contribution in [0.2, 0.25) is 0 Å². The van der Waals surface area contributed by atoms with Crippen LogP contribution >= 0.6 is 0 Å². The van der Waals surface area contributed by atoms with Crippen LogP contribution in [0.25, 0.3) is 0 Å². The van der Waals surface area contributed by atoms with E-state index in [9.17, 15) is 16.8 Å². The Balaban J connectivity index is 1.73. The lowest BCUT2D eigenvalue weighted by Gasteiger charge is -2.06. The number of oxime groups is 2. The van der Waals surface area contributed by atoms with Gasteiger partial charge in [-0.05, 0) is 29.8 Å². The van der Waals surface area contributed by atoms with Crippen LogP contribution in [0.15, 0.2) is 111 Å². The Labute approximate surface area is 187 Å². The molecule has 0 amide bonds. The van der Waals surface area contributed by atoms with Crippen molar-refractivity contribution in [3.63, 3.8) is 0 Å². The second kappa shape index (κ2) is 10.7. The largest absolute Gasteiger partial charge is 0.358 e. The van der Waals surface area contributed by atoms with Crippen LogP contribution < -0.4 is 0 Å². The number of hydrogen-bond acceptors (Lipinski definition) is 8. The fourth-order valence-corrected chi connectivity index (χ4v) is 4.10. The van der Waals surface area contributed by atoms with Gasteiger partial charge in [-0.25, -0.2) is 0 Å². The third-order valence-corrected chi connectivity index (χ3v) is 6.37. The Morgan fingerprint density at radius 3 is 1.69 bits per heavy atom. The van der Waals surface area contributed by atoms with Crippen LogP contribution in [0, 0.1) is 0 Å². The molecule has 0 atom stereocenters. The van der Waals surface area contributed by atoms with Crippen LogP contribution in [0.1, 0.15) is 12.0 Å². The minimum Gasteiger partial charge on any atom is -0.265 e. The molecule has 0 heterocycles. The first-order valence-electron chi connectivity index (χ1n) is 9.46. The Hall–Kier alpha value is -3.50. The molecule has 0 aliphatic carbocycles. The summed E-state index contributed by atoms with van der Waals surface area (Å²) in [7, 11) is -8.15. The highest BCUT2D eigenvalue weighted by molar-refractivity contribution is 7.87. The van der Waals surface area contributed by atoms with Crippen LogP contribution in [0.3, 0.4) is 0 Å². The minimum atomic E-state index is -4.10. The van der Waals surface area contributed by atoms with Gasteiger partial charge in [-0.1, -0.05) is 77.0 Å². The summed E-state index contributed by atoms with van der Waals surface area (Å²) in [5, 5.41) is 7.30. The number of hydrogen-bond donors (Lipinski definition) is 0. The van der Waals surface area contributed by atoms with Gasteiger partial charge in [-0.2, -0.15) is 16.8 Å². The van der Waals surface area contributed by atoms with E-state index in [1.54, 1.807) is 36.4 Å². The van der Waals surface area contributed by atoms with E-state index in [-0.39, 0.29) is 22.6 Å². The third-order valence-electron chi connectivity index (χ3n) is 4.12. The maximum absolute atomic E-state index is 12.3. The maximum Gasteiger partial charge on any atom is 0.358 e. The minimum absolute atomic E-state index is 0.00349. The van der Waals surface area contributed by atoms with Crippen LogP contribution in [-0.4, -0.2) is 28.8 Å². The van der Waals surface area contributed by atoms with Crippen molar-refractivity contribution in [1.82, 2.24) is 0 Å². The van der Waals surface area contributed by atoms with E-state index in [2.05, 4.69) is 14.6 Å². The molecule has 3 rings (SSSR count). The molecule has 0 bridgehead atoms. The van der Waals surface area contributed by atoms with Gasteiger partial charge in [-0.15, -0.1) is 0 Å². The van der Waals surface area contributed by atoms with Gasteiger partial charge in [-0.3, -0.25) is 8.57 Å². The summed E-state index contributed by atoms with van der Waals surface area (Å²) in [6, 6.07) is 24.4. The van der Waals surface area contributed by atoms with E-state index in [0.717, 1.165) is 5.56 Å².